The Bertz CT molecular complexity index is 336. The smallest absolute Gasteiger partial charge is 0.305 e. The van der Waals surface area contributed by atoms with Crippen molar-refractivity contribution in [2.24, 2.45) is 0 Å². The van der Waals surface area contributed by atoms with Gasteiger partial charge in [-0.25, -0.2) is 0 Å². The van der Waals surface area contributed by atoms with Crippen LogP contribution in [-0.2, 0) is 9.53 Å². The maximum absolute atomic E-state index is 10.9. The van der Waals surface area contributed by atoms with E-state index in [9.17, 15) is 15.0 Å². The minimum absolute atomic E-state index is 0.217. The summed E-state index contributed by atoms with van der Waals surface area (Å²) < 4.78 is 4.56. The maximum Gasteiger partial charge on any atom is 0.305 e. The predicted molar refractivity (Wildman–Crippen MR) is 94.2 cm³/mol. The van der Waals surface area contributed by atoms with E-state index in [0.717, 1.165) is 19.3 Å². The molecule has 0 aromatic heterocycles. The van der Waals surface area contributed by atoms with Gasteiger partial charge in [0.25, 0.3) is 0 Å². The molecule has 0 amide bonds. The molecule has 0 saturated heterocycles. The van der Waals surface area contributed by atoms with E-state index in [2.05, 4.69) is 23.8 Å². The monoisotopic (exact) mass is 326 g/mol. The Kier molecular flexibility index (Phi) is 15.0. The Balaban J connectivity index is 3.64. The zero-order valence-electron chi connectivity index (χ0n) is 14.7. The van der Waals surface area contributed by atoms with Gasteiger partial charge in [0.15, 0.2) is 0 Å². The summed E-state index contributed by atoms with van der Waals surface area (Å²) in [5, 5.41) is 19.7. The third-order valence-electron chi connectivity index (χ3n) is 3.68. The van der Waals surface area contributed by atoms with E-state index in [4.69, 9.17) is 0 Å². The van der Waals surface area contributed by atoms with Crippen LogP contribution in [0.1, 0.15) is 71.1 Å². The quantitative estimate of drug-likeness (QED) is 0.288. The van der Waals surface area contributed by atoms with Crippen molar-refractivity contribution in [3.05, 3.63) is 24.3 Å². The van der Waals surface area contributed by atoms with Crippen molar-refractivity contribution in [3.63, 3.8) is 0 Å². The molecule has 0 aromatic rings. The number of esters is 1. The van der Waals surface area contributed by atoms with E-state index in [-0.39, 0.29) is 5.97 Å². The normalized spacial score (nSPS) is 14.4. The Hall–Kier alpha value is -1.13. The SMILES string of the molecule is CCCCC/C=C\C/C=C\[C@H](O)C[C@H](O)CCCCC(=O)OC. The van der Waals surface area contributed by atoms with Crippen molar-refractivity contribution in [3.8, 4) is 0 Å². The molecule has 2 N–H and O–H groups in total. The molecule has 0 spiro atoms. The molecule has 23 heavy (non-hydrogen) atoms. The molecule has 0 aliphatic rings. The third kappa shape index (κ3) is 15.5. The molecule has 0 aliphatic carbocycles. The number of ether oxygens (including phenoxy) is 1. The predicted octanol–water partition coefficient (Wildman–Crippen LogP) is 3.91. The molecule has 0 saturated carbocycles. The van der Waals surface area contributed by atoms with Gasteiger partial charge in [-0.05, 0) is 32.1 Å². The summed E-state index contributed by atoms with van der Waals surface area (Å²) in [5.41, 5.74) is 0. The van der Waals surface area contributed by atoms with E-state index < -0.39 is 12.2 Å². The van der Waals surface area contributed by atoms with Gasteiger partial charge in [-0.15, -0.1) is 0 Å². The number of aliphatic hydroxyl groups excluding tert-OH is 2. The Morgan fingerprint density at radius 1 is 1.09 bits per heavy atom. The molecular formula is C19H34O4. The molecule has 0 unspecified atom stereocenters. The number of rotatable bonds is 14. The lowest BCUT2D eigenvalue weighted by Crippen LogP contribution is -2.15. The van der Waals surface area contributed by atoms with E-state index in [1.165, 1.54) is 26.4 Å². The minimum atomic E-state index is -0.612. The number of hydrogen-bond donors (Lipinski definition) is 2. The summed E-state index contributed by atoms with van der Waals surface area (Å²) in [6.07, 6.45) is 15.3. The summed E-state index contributed by atoms with van der Waals surface area (Å²) in [6, 6.07) is 0. The average molecular weight is 326 g/mol. The van der Waals surface area contributed by atoms with Gasteiger partial charge >= 0.3 is 5.97 Å². The Morgan fingerprint density at radius 2 is 1.87 bits per heavy atom. The molecule has 0 rings (SSSR count). The van der Waals surface area contributed by atoms with Crippen LogP contribution in [-0.4, -0.2) is 35.5 Å². The van der Waals surface area contributed by atoms with Gasteiger partial charge in [0.2, 0.25) is 0 Å². The van der Waals surface area contributed by atoms with Crippen LogP contribution >= 0.6 is 0 Å². The molecule has 0 aliphatic heterocycles. The number of aliphatic hydroxyl groups is 2. The van der Waals surface area contributed by atoms with Gasteiger partial charge in [0.05, 0.1) is 19.3 Å². The fraction of sp³-hybridized carbons (Fsp3) is 0.737. The van der Waals surface area contributed by atoms with E-state index in [0.29, 0.717) is 25.7 Å². The first-order valence-electron chi connectivity index (χ1n) is 8.84. The Labute approximate surface area is 141 Å². The van der Waals surface area contributed by atoms with Crippen LogP contribution in [0.15, 0.2) is 24.3 Å². The second-order valence-electron chi connectivity index (χ2n) is 5.91. The summed E-state index contributed by atoms with van der Waals surface area (Å²) in [5.74, 6) is -0.217. The Morgan fingerprint density at radius 3 is 2.57 bits per heavy atom. The van der Waals surface area contributed by atoms with Crippen LogP contribution in [0.3, 0.4) is 0 Å². The number of methoxy groups -OCH3 is 1. The fourth-order valence-corrected chi connectivity index (χ4v) is 2.27. The zero-order valence-corrected chi connectivity index (χ0v) is 14.7. The maximum atomic E-state index is 10.9. The molecule has 2 atom stereocenters. The van der Waals surface area contributed by atoms with E-state index in [1.54, 1.807) is 6.08 Å². The van der Waals surface area contributed by atoms with Crippen LogP contribution < -0.4 is 0 Å². The third-order valence-corrected chi connectivity index (χ3v) is 3.68. The zero-order chi connectivity index (χ0) is 17.3. The first-order chi connectivity index (χ1) is 11.1. The van der Waals surface area contributed by atoms with Crippen molar-refractivity contribution >= 4 is 5.97 Å². The number of allylic oxidation sites excluding steroid dienone is 3. The van der Waals surface area contributed by atoms with Crippen LogP contribution in [0, 0.1) is 0 Å². The first-order valence-corrected chi connectivity index (χ1v) is 8.84. The molecule has 134 valence electrons. The number of unbranched alkanes of at least 4 members (excludes halogenated alkanes) is 4. The van der Waals surface area contributed by atoms with Crippen molar-refractivity contribution in [2.75, 3.05) is 7.11 Å². The largest absolute Gasteiger partial charge is 0.469 e. The second kappa shape index (κ2) is 15.8. The molecule has 0 heterocycles. The van der Waals surface area contributed by atoms with E-state index in [1.807, 2.05) is 6.08 Å². The average Bonchev–Trinajstić information content (AvgIpc) is 2.53. The van der Waals surface area contributed by atoms with Gasteiger partial charge in [-0.2, -0.15) is 0 Å². The molecule has 4 heteroatoms. The number of carbonyl (C=O) groups is 1. The number of hydrogen-bond acceptors (Lipinski definition) is 4. The molecule has 4 nitrogen and oxygen atoms in total. The lowest BCUT2D eigenvalue weighted by Gasteiger charge is -2.12. The lowest BCUT2D eigenvalue weighted by atomic mass is 10.0. The van der Waals surface area contributed by atoms with Crippen molar-refractivity contribution in [1.82, 2.24) is 0 Å². The summed E-state index contributed by atoms with van der Waals surface area (Å²) in [4.78, 5) is 10.9. The van der Waals surface area contributed by atoms with Crippen LogP contribution in [0.4, 0.5) is 0 Å². The second-order valence-corrected chi connectivity index (χ2v) is 5.91. The highest BCUT2D eigenvalue weighted by Crippen LogP contribution is 2.10. The molecule has 0 bridgehead atoms. The standard InChI is InChI=1S/C19H34O4/c1-3-4-5-6-7-8-9-10-13-17(20)16-18(21)14-11-12-15-19(22)23-2/h7-8,10,13,17-18,20-21H,3-6,9,11-12,14-16H2,1-2H3/b8-7-,13-10-/t17-,18+/m0/s1. The van der Waals surface area contributed by atoms with Gasteiger partial charge < -0.3 is 14.9 Å². The highest BCUT2D eigenvalue weighted by atomic mass is 16.5. The summed E-state index contributed by atoms with van der Waals surface area (Å²) in [7, 11) is 1.38. The van der Waals surface area contributed by atoms with Crippen LogP contribution in [0.5, 0.6) is 0 Å². The fourth-order valence-electron chi connectivity index (χ4n) is 2.27. The highest BCUT2D eigenvalue weighted by molar-refractivity contribution is 5.68. The molecular weight excluding hydrogens is 292 g/mol. The summed E-state index contributed by atoms with van der Waals surface area (Å²) in [6.45, 7) is 2.20. The highest BCUT2D eigenvalue weighted by Gasteiger charge is 2.09. The molecule has 0 fully saturated rings. The van der Waals surface area contributed by atoms with Crippen LogP contribution in [0.25, 0.3) is 0 Å². The van der Waals surface area contributed by atoms with Gasteiger partial charge in [0, 0.05) is 12.8 Å². The minimum Gasteiger partial charge on any atom is -0.469 e. The van der Waals surface area contributed by atoms with Crippen molar-refractivity contribution < 1.29 is 19.7 Å². The number of carbonyl (C=O) groups excluding carboxylic acids is 1. The van der Waals surface area contributed by atoms with Gasteiger partial charge in [0.1, 0.15) is 0 Å². The lowest BCUT2D eigenvalue weighted by molar-refractivity contribution is -0.140. The van der Waals surface area contributed by atoms with Crippen molar-refractivity contribution in [2.45, 2.75) is 83.3 Å². The topological polar surface area (TPSA) is 66.8 Å². The van der Waals surface area contributed by atoms with Gasteiger partial charge in [-0.3, -0.25) is 4.79 Å². The molecule has 0 radical (unpaired) electrons. The van der Waals surface area contributed by atoms with Gasteiger partial charge in [-0.1, -0.05) is 50.5 Å². The van der Waals surface area contributed by atoms with Crippen molar-refractivity contribution in [1.29, 1.82) is 0 Å². The first kappa shape index (κ1) is 21.9. The molecule has 0 aromatic carbocycles. The summed E-state index contributed by atoms with van der Waals surface area (Å²) >= 11 is 0. The van der Waals surface area contributed by atoms with Crippen LogP contribution in [0.2, 0.25) is 0 Å². The van der Waals surface area contributed by atoms with E-state index >= 15 is 0 Å².